The molecule has 0 aromatic heterocycles. The van der Waals surface area contributed by atoms with Crippen molar-refractivity contribution < 1.29 is 4.74 Å². The molecule has 0 radical (unpaired) electrons. The lowest BCUT2D eigenvalue weighted by Crippen LogP contribution is -2.59. The summed E-state index contributed by atoms with van der Waals surface area (Å²) in [6.45, 7) is 6.35. The van der Waals surface area contributed by atoms with E-state index >= 15 is 0 Å². The summed E-state index contributed by atoms with van der Waals surface area (Å²) < 4.78 is 6.04. The normalized spacial score (nSPS) is 51.0. The van der Waals surface area contributed by atoms with Gasteiger partial charge in [-0.05, 0) is 45.6 Å². The molecular formula is C14H24N2O. The zero-order chi connectivity index (χ0) is 11.4. The van der Waals surface area contributed by atoms with Crippen LogP contribution in [0.15, 0.2) is 0 Å². The van der Waals surface area contributed by atoms with Gasteiger partial charge in [-0.2, -0.15) is 0 Å². The van der Waals surface area contributed by atoms with Crippen LogP contribution >= 0.6 is 0 Å². The largest absolute Gasteiger partial charge is 0.373 e. The summed E-state index contributed by atoms with van der Waals surface area (Å²) in [5.74, 6) is 0. The maximum Gasteiger partial charge on any atom is 0.0736 e. The van der Waals surface area contributed by atoms with Gasteiger partial charge in [0.1, 0.15) is 0 Å². The Bertz CT molecular complexity index is 309. The molecule has 5 unspecified atom stereocenters. The van der Waals surface area contributed by atoms with Gasteiger partial charge in [0.25, 0.3) is 0 Å². The van der Waals surface area contributed by atoms with Crippen LogP contribution in [0, 0.1) is 0 Å². The van der Waals surface area contributed by atoms with E-state index in [9.17, 15) is 0 Å². The molecule has 4 saturated heterocycles. The quantitative estimate of drug-likeness (QED) is 0.686. The zero-order valence-corrected chi connectivity index (χ0v) is 10.8. The SMILES string of the molecule is CC1CN2CCCC2CN1C1CC2CCC1O2. The Morgan fingerprint density at radius 2 is 2.06 bits per heavy atom. The van der Waals surface area contributed by atoms with Gasteiger partial charge in [-0.15, -0.1) is 0 Å². The van der Waals surface area contributed by atoms with Gasteiger partial charge in [-0.25, -0.2) is 0 Å². The average molecular weight is 236 g/mol. The molecule has 96 valence electrons. The van der Waals surface area contributed by atoms with Gasteiger partial charge in [-0.1, -0.05) is 0 Å². The second-order valence-electron chi connectivity index (χ2n) is 6.51. The summed E-state index contributed by atoms with van der Waals surface area (Å²) in [6.07, 6.45) is 7.94. The van der Waals surface area contributed by atoms with E-state index in [1.807, 2.05) is 0 Å². The molecule has 0 aromatic carbocycles. The molecule has 3 heteroatoms. The van der Waals surface area contributed by atoms with Crippen LogP contribution in [-0.4, -0.2) is 59.8 Å². The molecule has 3 nitrogen and oxygen atoms in total. The van der Waals surface area contributed by atoms with Crippen molar-refractivity contribution in [3.05, 3.63) is 0 Å². The van der Waals surface area contributed by atoms with E-state index in [1.54, 1.807) is 0 Å². The molecule has 0 N–H and O–H groups in total. The van der Waals surface area contributed by atoms with Crippen molar-refractivity contribution in [1.29, 1.82) is 0 Å². The van der Waals surface area contributed by atoms with Crippen LogP contribution in [0.5, 0.6) is 0 Å². The predicted octanol–water partition coefficient (Wildman–Crippen LogP) is 1.47. The van der Waals surface area contributed by atoms with Gasteiger partial charge in [-0.3, -0.25) is 9.80 Å². The Labute approximate surface area is 104 Å². The first-order chi connectivity index (χ1) is 8.31. The zero-order valence-electron chi connectivity index (χ0n) is 10.8. The summed E-state index contributed by atoms with van der Waals surface area (Å²) in [5.41, 5.74) is 0. The fraction of sp³-hybridized carbons (Fsp3) is 1.00. The Morgan fingerprint density at radius 3 is 2.82 bits per heavy atom. The molecule has 4 fully saturated rings. The highest BCUT2D eigenvalue weighted by Gasteiger charge is 2.47. The number of hydrogen-bond donors (Lipinski definition) is 0. The van der Waals surface area contributed by atoms with E-state index in [0.717, 1.165) is 18.1 Å². The standard InChI is InChI=1S/C14H24N2O/c1-10-8-15-6-2-3-11(15)9-16(10)13-7-12-4-5-14(13)17-12/h10-14H,2-9H2,1H3. The van der Waals surface area contributed by atoms with Gasteiger partial charge < -0.3 is 4.74 Å². The predicted molar refractivity (Wildman–Crippen MR) is 67.1 cm³/mol. The minimum Gasteiger partial charge on any atom is -0.373 e. The fourth-order valence-electron chi connectivity index (χ4n) is 4.63. The molecule has 5 atom stereocenters. The second kappa shape index (κ2) is 3.94. The number of nitrogens with zero attached hydrogens (tertiary/aromatic N) is 2. The maximum absolute atomic E-state index is 6.04. The van der Waals surface area contributed by atoms with Crippen LogP contribution < -0.4 is 0 Å². The average Bonchev–Trinajstić information content (AvgIpc) is 3.02. The monoisotopic (exact) mass is 236 g/mol. The van der Waals surface area contributed by atoms with Crippen LogP contribution in [0.3, 0.4) is 0 Å². The highest BCUT2D eigenvalue weighted by Crippen LogP contribution is 2.39. The third-order valence-corrected chi connectivity index (χ3v) is 5.49. The van der Waals surface area contributed by atoms with Crippen molar-refractivity contribution in [1.82, 2.24) is 9.80 Å². The molecule has 0 spiro atoms. The van der Waals surface area contributed by atoms with Crippen LogP contribution in [0.25, 0.3) is 0 Å². The van der Waals surface area contributed by atoms with E-state index in [0.29, 0.717) is 12.2 Å². The minimum absolute atomic E-state index is 0.565. The lowest BCUT2D eigenvalue weighted by atomic mass is 9.91. The lowest BCUT2D eigenvalue weighted by molar-refractivity contribution is 0.000542. The van der Waals surface area contributed by atoms with Crippen LogP contribution in [0.1, 0.15) is 39.0 Å². The van der Waals surface area contributed by atoms with Crippen LogP contribution in [-0.2, 0) is 4.74 Å². The molecule has 4 aliphatic heterocycles. The Morgan fingerprint density at radius 1 is 1.12 bits per heavy atom. The van der Waals surface area contributed by atoms with Crippen molar-refractivity contribution in [3.63, 3.8) is 0 Å². The van der Waals surface area contributed by atoms with Crippen molar-refractivity contribution in [3.8, 4) is 0 Å². The third-order valence-electron chi connectivity index (χ3n) is 5.49. The van der Waals surface area contributed by atoms with Crippen LogP contribution in [0.2, 0.25) is 0 Å². The van der Waals surface area contributed by atoms with E-state index in [4.69, 9.17) is 4.74 Å². The smallest absolute Gasteiger partial charge is 0.0736 e. The molecule has 17 heavy (non-hydrogen) atoms. The van der Waals surface area contributed by atoms with Crippen molar-refractivity contribution in [2.45, 2.75) is 69.4 Å². The van der Waals surface area contributed by atoms with Gasteiger partial charge >= 0.3 is 0 Å². The lowest BCUT2D eigenvalue weighted by Gasteiger charge is -2.46. The van der Waals surface area contributed by atoms with Gasteiger partial charge in [0.15, 0.2) is 0 Å². The third kappa shape index (κ3) is 1.66. The second-order valence-corrected chi connectivity index (χ2v) is 6.51. The van der Waals surface area contributed by atoms with Gasteiger partial charge in [0, 0.05) is 31.2 Å². The molecule has 4 aliphatic rings. The fourth-order valence-corrected chi connectivity index (χ4v) is 4.63. The molecule has 4 heterocycles. The van der Waals surface area contributed by atoms with E-state index in [1.165, 1.54) is 51.7 Å². The highest BCUT2D eigenvalue weighted by atomic mass is 16.5. The first-order valence-corrected chi connectivity index (χ1v) is 7.46. The number of fused-ring (bicyclic) bond motifs is 3. The number of rotatable bonds is 1. The molecule has 2 bridgehead atoms. The molecule has 4 rings (SSSR count). The topological polar surface area (TPSA) is 15.7 Å². The molecule has 0 aliphatic carbocycles. The van der Waals surface area contributed by atoms with E-state index in [2.05, 4.69) is 16.7 Å². The summed E-state index contributed by atoms with van der Waals surface area (Å²) in [7, 11) is 0. The summed E-state index contributed by atoms with van der Waals surface area (Å²) in [4.78, 5) is 5.51. The minimum atomic E-state index is 0.565. The summed E-state index contributed by atoms with van der Waals surface area (Å²) in [6, 6.07) is 2.33. The van der Waals surface area contributed by atoms with Crippen molar-refractivity contribution in [2.24, 2.45) is 0 Å². The molecular weight excluding hydrogens is 212 g/mol. The summed E-state index contributed by atoms with van der Waals surface area (Å²) in [5, 5.41) is 0. The van der Waals surface area contributed by atoms with Crippen LogP contribution in [0.4, 0.5) is 0 Å². The molecule has 0 amide bonds. The van der Waals surface area contributed by atoms with Gasteiger partial charge in [0.05, 0.1) is 12.2 Å². The van der Waals surface area contributed by atoms with Crippen molar-refractivity contribution >= 4 is 0 Å². The van der Waals surface area contributed by atoms with Crippen molar-refractivity contribution in [2.75, 3.05) is 19.6 Å². The molecule has 0 saturated carbocycles. The Balaban J connectivity index is 1.50. The highest BCUT2D eigenvalue weighted by molar-refractivity contribution is 5.00. The number of hydrogen-bond acceptors (Lipinski definition) is 3. The number of ether oxygens (including phenoxy) is 1. The Kier molecular flexibility index (Phi) is 2.50. The van der Waals surface area contributed by atoms with Gasteiger partial charge in [0.2, 0.25) is 0 Å². The van der Waals surface area contributed by atoms with E-state index < -0.39 is 0 Å². The Hall–Kier alpha value is -0.120. The maximum atomic E-state index is 6.04. The number of piperazine rings is 1. The first-order valence-electron chi connectivity index (χ1n) is 7.46. The van der Waals surface area contributed by atoms with E-state index in [-0.39, 0.29) is 0 Å². The molecule has 0 aromatic rings. The summed E-state index contributed by atoms with van der Waals surface area (Å²) >= 11 is 0. The first kappa shape index (κ1) is 10.8.